The van der Waals surface area contributed by atoms with Crippen LogP contribution in [0.3, 0.4) is 0 Å². The highest BCUT2D eigenvalue weighted by molar-refractivity contribution is 14.0. The van der Waals surface area contributed by atoms with Gasteiger partial charge in [-0.2, -0.15) is 0 Å². The fraction of sp³-hybridized carbons (Fsp3) is 0.391. The lowest BCUT2D eigenvalue weighted by Gasteiger charge is -2.14. The van der Waals surface area contributed by atoms with Crippen LogP contribution >= 0.6 is 24.0 Å². The predicted molar refractivity (Wildman–Crippen MR) is 138 cm³/mol. The van der Waals surface area contributed by atoms with Gasteiger partial charge in [0.2, 0.25) is 5.91 Å². The van der Waals surface area contributed by atoms with Crippen molar-refractivity contribution in [1.29, 1.82) is 0 Å². The summed E-state index contributed by atoms with van der Waals surface area (Å²) >= 11 is 0. The molecule has 170 valence electrons. The van der Waals surface area contributed by atoms with Crippen LogP contribution in [0.1, 0.15) is 39.2 Å². The van der Waals surface area contributed by atoms with Gasteiger partial charge in [0.25, 0.3) is 0 Å². The molecule has 0 radical (unpaired) electrons. The second-order valence-electron chi connectivity index (χ2n) is 6.62. The Morgan fingerprint density at radius 2 is 1.77 bits per heavy atom. The molecular weight excluding hydrogens is 507 g/mol. The molecule has 8 heteroatoms. The van der Waals surface area contributed by atoms with Crippen LogP contribution in [0.2, 0.25) is 0 Å². The maximum atomic E-state index is 11.8. The standard InChI is InChI=1S/C23H32N4O3.HI/c1-5-9-22(28)26-18-11-8-10-17(14-18)16-25-23(24-6-2)27-19-12-13-20(29-4)21(15-19)30-7-3;/h8,10-15H,5-7,9,16H2,1-4H3,(H,26,28)(H2,24,25,27);1H. The number of hydrogen-bond acceptors (Lipinski definition) is 4. The van der Waals surface area contributed by atoms with Gasteiger partial charge in [0.15, 0.2) is 17.5 Å². The topological polar surface area (TPSA) is 84.0 Å². The highest BCUT2D eigenvalue weighted by Crippen LogP contribution is 2.30. The molecule has 0 heterocycles. The predicted octanol–water partition coefficient (Wildman–Crippen LogP) is 5.03. The fourth-order valence-corrected chi connectivity index (χ4v) is 2.83. The molecule has 0 bridgehead atoms. The Morgan fingerprint density at radius 1 is 1.00 bits per heavy atom. The van der Waals surface area contributed by atoms with E-state index in [0.717, 1.165) is 29.9 Å². The van der Waals surface area contributed by atoms with Crippen LogP contribution < -0.4 is 25.4 Å². The minimum atomic E-state index is 0. The zero-order chi connectivity index (χ0) is 21.8. The van der Waals surface area contributed by atoms with Gasteiger partial charge in [0.05, 0.1) is 20.3 Å². The van der Waals surface area contributed by atoms with Crippen LogP contribution in [0.25, 0.3) is 0 Å². The highest BCUT2D eigenvalue weighted by Gasteiger charge is 2.07. The third-order valence-corrected chi connectivity index (χ3v) is 4.18. The first-order valence-corrected chi connectivity index (χ1v) is 10.3. The van der Waals surface area contributed by atoms with E-state index in [1.165, 1.54) is 0 Å². The number of guanidine groups is 1. The molecule has 0 saturated heterocycles. The van der Waals surface area contributed by atoms with Crippen LogP contribution in [0, 0.1) is 0 Å². The summed E-state index contributed by atoms with van der Waals surface area (Å²) in [6.07, 6.45) is 1.34. The summed E-state index contributed by atoms with van der Waals surface area (Å²) in [7, 11) is 1.62. The largest absolute Gasteiger partial charge is 0.493 e. The van der Waals surface area contributed by atoms with Gasteiger partial charge >= 0.3 is 0 Å². The minimum Gasteiger partial charge on any atom is -0.493 e. The van der Waals surface area contributed by atoms with E-state index in [-0.39, 0.29) is 29.9 Å². The summed E-state index contributed by atoms with van der Waals surface area (Å²) in [6, 6.07) is 13.4. The van der Waals surface area contributed by atoms with Crippen LogP contribution in [-0.2, 0) is 11.3 Å². The number of carbonyl (C=O) groups excluding carboxylic acids is 1. The Bertz CT molecular complexity index is 858. The van der Waals surface area contributed by atoms with E-state index in [4.69, 9.17) is 9.47 Å². The van der Waals surface area contributed by atoms with Crippen LogP contribution in [0.4, 0.5) is 11.4 Å². The van der Waals surface area contributed by atoms with E-state index in [9.17, 15) is 4.79 Å². The van der Waals surface area contributed by atoms with Gasteiger partial charge in [0, 0.05) is 30.4 Å². The number of nitrogens with one attached hydrogen (secondary N) is 3. The van der Waals surface area contributed by atoms with Gasteiger partial charge in [0.1, 0.15) is 0 Å². The number of aliphatic imine (C=N–C) groups is 1. The van der Waals surface area contributed by atoms with Crippen molar-refractivity contribution in [1.82, 2.24) is 5.32 Å². The van der Waals surface area contributed by atoms with Crippen LogP contribution in [0.5, 0.6) is 11.5 Å². The van der Waals surface area contributed by atoms with Crippen molar-refractivity contribution >= 4 is 47.2 Å². The number of methoxy groups -OCH3 is 1. The van der Waals surface area contributed by atoms with E-state index in [1.807, 2.05) is 63.2 Å². The average molecular weight is 540 g/mol. The number of hydrogen-bond donors (Lipinski definition) is 3. The van der Waals surface area contributed by atoms with E-state index in [2.05, 4.69) is 20.9 Å². The smallest absolute Gasteiger partial charge is 0.224 e. The van der Waals surface area contributed by atoms with Gasteiger partial charge in [-0.05, 0) is 50.1 Å². The molecule has 2 aromatic rings. The Kier molecular flexibility index (Phi) is 12.4. The zero-order valence-corrected chi connectivity index (χ0v) is 21.0. The second-order valence-corrected chi connectivity index (χ2v) is 6.62. The first-order chi connectivity index (χ1) is 14.6. The third-order valence-electron chi connectivity index (χ3n) is 4.18. The van der Waals surface area contributed by atoms with Crippen molar-refractivity contribution in [3.05, 3.63) is 48.0 Å². The summed E-state index contributed by atoms with van der Waals surface area (Å²) in [6.45, 7) is 7.69. The number of nitrogens with zero attached hydrogens (tertiary/aromatic N) is 1. The third kappa shape index (κ3) is 9.04. The first kappa shape index (κ1) is 26.5. The molecule has 0 fully saturated rings. The maximum Gasteiger partial charge on any atom is 0.224 e. The Labute approximate surface area is 202 Å². The number of anilines is 2. The molecule has 2 aromatic carbocycles. The van der Waals surface area contributed by atoms with Gasteiger partial charge in [-0.1, -0.05) is 19.1 Å². The molecule has 1 amide bonds. The van der Waals surface area contributed by atoms with Crippen molar-refractivity contribution in [3.63, 3.8) is 0 Å². The molecule has 3 N–H and O–H groups in total. The van der Waals surface area contributed by atoms with Gasteiger partial charge in [-0.3, -0.25) is 4.79 Å². The molecule has 0 spiro atoms. The second kappa shape index (κ2) is 14.5. The maximum absolute atomic E-state index is 11.8. The van der Waals surface area contributed by atoms with E-state index in [1.54, 1.807) is 7.11 Å². The van der Waals surface area contributed by atoms with Crippen molar-refractivity contribution in [2.24, 2.45) is 4.99 Å². The van der Waals surface area contributed by atoms with E-state index < -0.39 is 0 Å². The first-order valence-electron chi connectivity index (χ1n) is 10.3. The van der Waals surface area contributed by atoms with E-state index >= 15 is 0 Å². The highest BCUT2D eigenvalue weighted by atomic mass is 127. The Balaban J connectivity index is 0.00000480. The monoisotopic (exact) mass is 540 g/mol. The average Bonchev–Trinajstić information content (AvgIpc) is 2.73. The lowest BCUT2D eigenvalue weighted by molar-refractivity contribution is -0.116. The summed E-state index contributed by atoms with van der Waals surface area (Å²) in [4.78, 5) is 16.5. The molecule has 0 aromatic heterocycles. The quantitative estimate of drug-likeness (QED) is 0.224. The zero-order valence-electron chi connectivity index (χ0n) is 18.7. The Hall–Kier alpha value is -2.49. The van der Waals surface area contributed by atoms with Crippen LogP contribution in [0.15, 0.2) is 47.5 Å². The van der Waals surface area contributed by atoms with Crippen LogP contribution in [-0.4, -0.2) is 32.1 Å². The molecule has 0 saturated carbocycles. The SMILES string of the molecule is CCCC(=O)Nc1cccc(CN=C(NCC)Nc2ccc(OC)c(OCC)c2)c1.I. The summed E-state index contributed by atoms with van der Waals surface area (Å²) in [5.41, 5.74) is 2.64. The number of benzene rings is 2. The number of ether oxygens (including phenoxy) is 2. The Morgan fingerprint density at radius 3 is 2.45 bits per heavy atom. The van der Waals surface area contributed by atoms with Crippen molar-refractivity contribution in [2.75, 3.05) is 30.9 Å². The van der Waals surface area contributed by atoms with Gasteiger partial charge < -0.3 is 25.4 Å². The lowest BCUT2D eigenvalue weighted by Crippen LogP contribution is -2.30. The molecule has 7 nitrogen and oxygen atoms in total. The molecule has 31 heavy (non-hydrogen) atoms. The van der Waals surface area contributed by atoms with Crippen molar-refractivity contribution < 1.29 is 14.3 Å². The minimum absolute atomic E-state index is 0. The van der Waals surface area contributed by atoms with Crippen molar-refractivity contribution in [2.45, 2.75) is 40.2 Å². The number of rotatable bonds is 10. The fourth-order valence-electron chi connectivity index (χ4n) is 2.83. The molecule has 0 aliphatic rings. The van der Waals surface area contributed by atoms with Gasteiger partial charge in [-0.25, -0.2) is 4.99 Å². The summed E-state index contributed by atoms with van der Waals surface area (Å²) in [5.74, 6) is 2.05. The normalized spacial score (nSPS) is 10.6. The molecule has 0 aliphatic heterocycles. The van der Waals surface area contributed by atoms with Gasteiger partial charge in [-0.15, -0.1) is 24.0 Å². The molecule has 0 aliphatic carbocycles. The molecule has 0 atom stereocenters. The number of carbonyl (C=O) groups is 1. The lowest BCUT2D eigenvalue weighted by atomic mass is 10.2. The molecule has 2 rings (SSSR count). The summed E-state index contributed by atoms with van der Waals surface area (Å²) < 4.78 is 11.0. The summed E-state index contributed by atoms with van der Waals surface area (Å²) in [5, 5.41) is 9.46. The molecule has 0 unspecified atom stereocenters. The van der Waals surface area contributed by atoms with E-state index in [0.29, 0.717) is 37.0 Å². The number of halogens is 1. The molecular formula is C23H33IN4O3. The number of amides is 1. The van der Waals surface area contributed by atoms with Crippen molar-refractivity contribution in [3.8, 4) is 11.5 Å².